The lowest BCUT2D eigenvalue weighted by molar-refractivity contribution is 0.0730. The van der Waals surface area contributed by atoms with E-state index < -0.39 is 0 Å². The number of hydrogen-bond donors (Lipinski definition) is 1. The Bertz CT molecular complexity index is 576. The van der Waals surface area contributed by atoms with Gasteiger partial charge in [-0.25, -0.2) is 4.98 Å². The molecular formula is C15H17N3OS. The van der Waals surface area contributed by atoms with Crippen LogP contribution in [-0.4, -0.2) is 42.0 Å². The molecule has 3 rings (SSSR count). The zero-order chi connectivity index (χ0) is 13.8. The van der Waals surface area contributed by atoms with Gasteiger partial charge in [0, 0.05) is 38.0 Å². The molecule has 2 heterocycles. The Kier molecular flexibility index (Phi) is 4.08. The Labute approximate surface area is 122 Å². The summed E-state index contributed by atoms with van der Waals surface area (Å²) in [6, 6.07) is 10.2. The van der Waals surface area contributed by atoms with Crippen LogP contribution in [0.25, 0.3) is 0 Å². The van der Waals surface area contributed by atoms with Crippen molar-refractivity contribution >= 4 is 17.2 Å². The number of carbonyl (C=O) groups is 1. The Hall–Kier alpha value is -1.72. The number of benzene rings is 1. The van der Waals surface area contributed by atoms with E-state index in [1.807, 2.05) is 28.5 Å². The Morgan fingerprint density at radius 2 is 2.00 bits per heavy atom. The van der Waals surface area contributed by atoms with Gasteiger partial charge in [0.1, 0.15) is 5.69 Å². The average Bonchev–Trinajstić information content (AvgIpc) is 2.97. The zero-order valence-corrected chi connectivity index (χ0v) is 12.0. The number of carbonyl (C=O) groups excluding carboxylic acids is 1. The summed E-state index contributed by atoms with van der Waals surface area (Å²) >= 11 is 1.56. The van der Waals surface area contributed by atoms with E-state index in [-0.39, 0.29) is 5.91 Å². The standard InChI is InChI=1S/C15H17N3OS/c19-15(18-8-6-16-7-9-18)13-11-20-14(17-13)10-12-4-2-1-3-5-12/h1-5,11,16H,6-10H2. The van der Waals surface area contributed by atoms with E-state index >= 15 is 0 Å². The van der Waals surface area contributed by atoms with Crippen LogP contribution in [0.1, 0.15) is 21.1 Å². The Morgan fingerprint density at radius 3 is 2.75 bits per heavy atom. The van der Waals surface area contributed by atoms with Crippen molar-refractivity contribution in [2.24, 2.45) is 0 Å². The van der Waals surface area contributed by atoms with Crippen molar-refractivity contribution in [2.75, 3.05) is 26.2 Å². The van der Waals surface area contributed by atoms with Crippen molar-refractivity contribution in [3.63, 3.8) is 0 Å². The molecule has 0 saturated carbocycles. The highest BCUT2D eigenvalue weighted by atomic mass is 32.1. The summed E-state index contributed by atoms with van der Waals surface area (Å²) in [7, 11) is 0. The molecule has 1 saturated heterocycles. The van der Waals surface area contributed by atoms with Crippen molar-refractivity contribution in [1.29, 1.82) is 0 Å². The molecule has 0 spiro atoms. The number of piperazine rings is 1. The van der Waals surface area contributed by atoms with Crippen LogP contribution in [-0.2, 0) is 6.42 Å². The molecule has 104 valence electrons. The largest absolute Gasteiger partial charge is 0.335 e. The second-order valence-corrected chi connectivity index (χ2v) is 5.77. The van der Waals surface area contributed by atoms with Gasteiger partial charge in [-0.05, 0) is 5.56 Å². The molecule has 2 aromatic rings. The number of thiazole rings is 1. The first-order valence-electron chi connectivity index (χ1n) is 6.81. The highest BCUT2D eigenvalue weighted by Gasteiger charge is 2.20. The third kappa shape index (κ3) is 3.05. The monoisotopic (exact) mass is 287 g/mol. The van der Waals surface area contributed by atoms with E-state index in [1.165, 1.54) is 5.56 Å². The van der Waals surface area contributed by atoms with Crippen LogP contribution in [0.2, 0.25) is 0 Å². The molecule has 1 aliphatic heterocycles. The van der Waals surface area contributed by atoms with Gasteiger partial charge in [-0.1, -0.05) is 30.3 Å². The third-order valence-corrected chi connectivity index (χ3v) is 4.22. The number of rotatable bonds is 3. The van der Waals surface area contributed by atoms with E-state index in [4.69, 9.17) is 0 Å². The molecule has 0 atom stereocenters. The van der Waals surface area contributed by atoms with Crippen molar-refractivity contribution in [3.8, 4) is 0 Å². The topological polar surface area (TPSA) is 45.2 Å². The van der Waals surface area contributed by atoms with Crippen LogP contribution >= 0.6 is 11.3 Å². The highest BCUT2D eigenvalue weighted by Crippen LogP contribution is 2.16. The number of nitrogens with one attached hydrogen (secondary N) is 1. The normalized spacial score (nSPS) is 15.3. The van der Waals surface area contributed by atoms with E-state index in [0.29, 0.717) is 5.69 Å². The molecule has 5 heteroatoms. The van der Waals surface area contributed by atoms with Crippen LogP contribution in [0.15, 0.2) is 35.7 Å². The third-order valence-electron chi connectivity index (χ3n) is 3.37. The molecule has 0 radical (unpaired) electrons. The van der Waals surface area contributed by atoms with E-state index in [0.717, 1.165) is 37.6 Å². The van der Waals surface area contributed by atoms with Gasteiger partial charge >= 0.3 is 0 Å². The van der Waals surface area contributed by atoms with Gasteiger partial charge in [0.15, 0.2) is 0 Å². The fraction of sp³-hybridized carbons (Fsp3) is 0.333. The van der Waals surface area contributed by atoms with Gasteiger partial charge in [-0.15, -0.1) is 11.3 Å². The Morgan fingerprint density at radius 1 is 1.25 bits per heavy atom. The first kappa shape index (κ1) is 13.3. The van der Waals surface area contributed by atoms with Crippen molar-refractivity contribution in [2.45, 2.75) is 6.42 Å². The average molecular weight is 287 g/mol. The highest BCUT2D eigenvalue weighted by molar-refractivity contribution is 7.09. The molecule has 4 nitrogen and oxygen atoms in total. The van der Waals surface area contributed by atoms with Gasteiger partial charge in [0.2, 0.25) is 0 Å². The summed E-state index contributed by atoms with van der Waals surface area (Å²) in [5.41, 5.74) is 1.81. The maximum atomic E-state index is 12.3. The van der Waals surface area contributed by atoms with Crippen molar-refractivity contribution in [3.05, 3.63) is 52.0 Å². The van der Waals surface area contributed by atoms with E-state index in [1.54, 1.807) is 11.3 Å². The molecule has 1 N–H and O–H groups in total. The lowest BCUT2D eigenvalue weighted by atomic mass is 10.2. The van der Waals surface area contributed by atoms with Gasteiger partial charge < -0.3 is 10.2 Å². The summed E-state index contributed by atoms with van der Waals surface area (Å²) in [6.45, 7) is 3.27. The minimum absolute atomic E-state index is 0.0575. The van der Waals surface area contributed by atoms with Gasteiger partial charge in [0.05, 0.1) is 5.01 Å². The van der Waals surface area contributed by atoms with Gasteiger partial charge in [-0.2, -0.15) is 0 Å². The minimum atomic E-state index is 0.0575. The predicted molar refractivity (Wildman–Crippen MR) is 80.1 cm³/mol. The molecule has 1 aliphatic rings. The molecule has 1 amide bonds. The van der Waals surface area contributed by atoms with Gasteiger partial charge in [-0.3, -0.25) is 4.79 Å². The second-order valence-electron chi connectivity index (χ2n) is 4.83. The zero-order valence-electron chi connectivity index (χ0n) is 11.2. The first-order valence-corrected chi connectivity index (χ1v) is 7.69. The van der Waals surface area contributed by atoms with Crippen LogP contribution in [0.3, 0.4) is 0 Å². The van der Waals surface area contributed by atoms with Crippen molar-refractivity contribution in [1.82, 2.24) is 15.2 Å². The lowest BCUT2D eigenvalue weighted by Gasteiger charge is -2.26. The summed E-state index contributed by atoms with van der Waals surface area (Å²) in [4.78, 5) is 18.7. The van der Waals surface area contributed by atoms with Gasteiger partial charge in [0.25, 0.3) is 5.91 Å². The van der Waals surface area contributed by atoms with Crippen LogP contribution < -0.4 is 5.32 Å². The SMILES string of the molecule is O=C(c1csc(Cc2ccccc2)n1)N1CCNCC1. The number of hydrogen-bond acceptors (Lipinski definition) is 4. The summed E-state index contributed by atoms with van der Waals surface area (Å²) in [5, 5.41) is 6.12. The predicted octanol–water partition coefficient (Wildman–Crippen LogP) is 1.78. The maximum absolute atomic E-state index is 12.3. The smallest absolute Gasteiger partial charge is 0.273 e. The fourth-order valence-electron chi connectivity index (χ4n) is 2.29. The quantitative estimate of drug-likeness (QED) is 0.936. The van der Waals surface area contributed by atoms with Crippen molar-refractivity contribution < 1.29 is 4.79 Å². The van der Waals surface area contributed by atoms with Crippen LogP contribution in [0.4, 0.5) is 0 Å². The molecule has 1 aromatic carbocycles. The van der Waals surface area contributed by atoms with E-state index in [9.17, 15) is 4.79 Å². The molecule has 1 aromatic heterocycles. The van der Waals surface area contributed by atoms with Crippen LogP contribution in [0.5, 0.6) is 0 Å². The second kappa shape index (κ2) is 6.15. The first-order chi connectivity index (χ1) is 9.83. The summed E-state index contributed by atoms with van der Waals surface area (Å²) < 4.78 is 0. The number of aromatic nitrogens is 1. The Balaban J connectivity index is 1.68. The summed E-state index contributed by atoms with van der Waals surface area (Å²) in [5.74, 6) is 0.0575. The molecule has 0 bridgehead atoms. The molecular weight excluding hydrogens is 270 g/mol. The van der Waals surface area contributed by atoms with Crippen LogP contribution in [0, 0.1) is 0 Å². The lowest BCUT2D eigenvalue weighted by Crippen LogP contribution is -2.46. The molecule has 1 fully saturated rings. The minimum Gasteiger partial charge on any atom is -0.335 e. The molecule has 0 unspecified atom stereocenters. The number of amides is 1. The molecule has 20 heavy (non-hydrogen) atoms. The number of nitrogens with zero attached hydrogens (tertiary/aromatic N) is 2. The molecule has 0 aliphatic carbocycles. The van der Waals surface area contributed by atoms with E-state index in [2.05, 4.69) is 22.4 Å². The maximum Gasteiger partial charge on any atom is 0.273 e. The fourth-order valence-corrected chi connectivity index (χ4v) is 3.09. The summed E-state index contributed by atoms with van der Waals surface area (Å²) in [6.07, 6.45) is 0.792.